The standard InChI is InChI=1S/C20H16F2N2O2/c21-14-8-9-16(17(22)11-14)20(26)24-18(19(23)25)10-13-6-3-5-12-4-1-2-7-15(12)13/h1-9,11,18H,10H2,(H2,23,25)(H,24,26)/t18-/m0/s1. The molecule has 0 aliphatic heterocycles. The Morgan fingerprint density at radius 1 is 1.00 bits per heavy atom. The van der Waals surface area contributed by atoms with Gasteiger partial charge in [0, 0.05) is 12.5 Å². The van der Waals surface area contributed by atoms with E-state index in [1.165, 1.54) is 0 Å². The van der Waals surface area contributed by atoms with Crippen LogP contribution >= 0.6 is 0 Å². The van der Waals surface area contributed by atoms with Crippen molar-refractivity contribution in [3.8, 4) is 0 Å². The maximum Gasteiger partial charge on any atom is 0.254 e. The Kier molecular flexibility index (Phi) is 4.93. The van der Waals surface area contributed by atoms with Gasteiger partial charge in [0.25, 0.3) is 5.91 Å². The van der Waals surface area contributed by atoms with Gasteiger partial charge in [-0.2, -0.15) is 0 Å². The van der Waals surface area contributed by atoms with Gasteiger partial charge in [-0.05, 0) is 28.5 Å². The van der Waals surface area contributed by atoms with E-state index in [1.54, 1.807) is 0 Å². The summed E-state index contributed by atoms with van der Waals surface area (Å²) >= 11 is 0. The van der Waals surface area contributed by atoms with Crippen LogP contribution in [-0.2, 0) is 11.2 Å². The third-order valence-electron chi connectivity index (χ3n) is 4.13. The molecule has 3 rings (SSSR count). The van der Waals surface area contributed by atoms with Crippen LogP contribution in [0.3, 0.4) is 0 Å². The summed E-state index contributed by atoms with van der Waals surface area (Å²) in [6.07, 6.45) is 0.158. The van der Waals surface area contributed by atoms with E-state index in [0.717, 1.165) is 28.5 Å². The lowest BCUT2D eigenvalue weighted by Gasteiger charge is -2.17. The van der Waals surface area contributed by atoms with Crippen molar-refractivity contribution >= 4 is 22.6 Å². The van der Waals surface area contributed by atoms with Gasteiger partial charge in [-0.15, -0.1) is 0 Å². The Labute approximate surface area is 148 Å². The molecule has 4 nitrogen and oxygen atoms in total. The number of halogens is 2. The van der Waals surface area contributed by atoms with Gasteiger partial charge in [-0.3, -0.25) is 9.59 Å². The smallest absolute Gasteiger partial charge is 0.254 e. The fraction of sp³-hybridized carbons (Fsp3) is 0.100. The average Bonchev–Trinajstić information content (AvgIpc) is 2.61. The molecule has 0 bridgehead atoms. The molecule has 3 N–H and O–H groups in total. The van der Waals surface area contributed by atoms with Gasteiger partial charge >= 0.3 is 0 Å². The number of primary amides is 1. The summed E-state index contributed by atoms with van der Waals surface area (Å²) in [5.74, 6) is -3.36. The second kappa shape index (κ2) is 7.31. The van der Waals surface area contributed by atoms with E-state index >= 15 is 0 Å². The highest BCUT2D eigenvalue weighted by Gasteiger charge is 2.22. The second-order valence-corrected chi connectivity index (χ2v) is 5.89. The quantitative estimate of drug-likeness (QED) is 0.739. The summed E-state index contributed by atoms with van der Waals surface area (Å²) in [6, 6.07) is 14.8. The highest BCUT2D eigenvalue weighted by molar-refractivity contribution is 5.97. The van der Waals surface area contributed by atoms with Gasteiger partial charge in [-0.25, -0.2) is 8.78 Å². The molecule has 132 valence electrons. The first-order valence-corrected chi connectivity index (χ1v) is 7.97. The molecule has 0 radical (unpaired) electrons. The molecule has 3 aromatic carbocycles. The summed E-state index contributed by atoms with van der Waals surface area (Å²) in [5.41, 5.74) is 5.88. The van der Waals surface area contributed by atoms with Crippen LogP contribution in [-0.4, -0.2) is 17.9 Å². The van der Waals surface area contributed by atoms with Gasteiger partial charge in [0.05, 0.1) is 5.56 Å². The molecule has 0 saturated heterocycles. The van der Waals surface area contributed by atoms with E-state index in [1.807, 2.05) is 42.5 Å². The molecular formula is C20H16F2N2O2. The number of nitrogens with two attached hydrogens (primary N) is 1. The fourth-order valence-corrected chi connectivity index (χ4v) is 2.82. The monoisotopic (exact) mass is 354 g/mol. The Morgan fingerprint density at radius 2 is 1.73 bits per heavy atom. The van der Waals surface area contributed by atoms with Crippen molar-refractivity contribution in [1.82, 2.24) is 5.32 Å². The van der Waals surface area contributed by atoms with Gasteiger partial charge in [0.2, 0.25) is 5.91 Å². The number of carbonyl (C=O) groups is 2. The minimum Gasteiger partial charge on any atom is -0.368 e. The lowest BCUT2D eigenvalue weighted by atomic mass is 9.98. The largest absolute Gasteiger partial charge is 0.368 e. The number of benzene rings is 3. The first-order chi connectivity index (χ1) is 12.5. The summed E-state index contributed by atoms with van der Waals surface area (Å²) < 4.78 is 26.8. The number of fused-ring (bicyclic) bond motifs is 1. The summed E-state index contributed by atoms with van der Waals surface area (Å²) in [6.45, 7) is 0. The summed E-state index contributed by atoms with van der Waals surface area (Å²) in [5, 5.41) is 4.35. The van der Waals surface area contributed by atoms with Crippen LogP contribution in [0, 0.1) is 11.6 Å². The first kappa shape index (κ1) is 17.5. The van der Waals surface area contributed by atoms with Crippen molar-refractivity contribution in [2.75, 3.05) is 0 Å². The topological polar surface area (TPSA) is 72.2 Å². The zero-order valence-corrected chi connectivity index (χ0v) is 13.7. The van der Waals surface area contributed by atoms with E-state index in [2.05, 4.69) is 5.32 Å². The van der Waals surface area contributed by atoms with E-state index < -0.39 is 29.5 Å². The lowest BCUT2D eigenvalue weighted by molar-refractivity contribution is -0.119. The molecule has 26 heavy (non-hydrogen) atoms. The van der Waals surface area contributed by atoms with Gasteiger partial charge < -0.3 is 11.1 Å². The van der Waals surface area contributed by atoms with Crippen molar-refractivity contribution < 1.29 is 18.4 Å². The van der Waals surface area contributed by atoms with Crippen LogP contribution in [0.1, 0.15) is 15.9 Å². The highest BCUT2D eigenvalue weighted by Crippen LogP contribution is 2.20. The lowest BCUT2D eigenvalue weighted by Crippen LogP contribution is -2.46. The minimum atomic E-state index is -1.03. The van der Waals surface area contributed by atoms with E-state index in [-0.39, 0.29) is 12.0 Å². The number of hydrogen-bond donors (Lipinski definition) is 2. The maximum atomic E-state index is 13.8. The molecule has 0 unspecified atom stereocenters. The van der Waals surface area contributed by atoms with Gasteiger partial charge in [-0.1, -0.05) is 42.5 Å². The van der Waals surface area contributed by atoms with Crippen molar-refractivity contribution in [2.24, 2.45) is 5.73 Å². The van der Waals surface area contributed by atoms with E-state index in [4.69, 9.17) is 5.73 Å². The maximum absolute atomic E-state index is 13.8. The van der Waals surface area contributed by atoms with Crippen LogP contribution in [0.4, 0.5) is 8.78 Å². The highest BCUT2D eigenvalue weighted by atomic mass is 19.1. The summed E-state index contributed by atoms with van der Waals surface area (Å²) in [4.78, 5) is 24.1. The van der Waals surface area contributed by atoms with Crippen LogP contribution < -0.4 is 11.1 Å². The molecule has 2 amide bonds. The zero-order valence-electron chi connectivity index (χ0n) is 13.7. The second-order valence-electron chi connectivity index (χ2n) is 5.89. The molecule has 0 aliphatic rings. The number of carbonyl (C=O) groups excluding carboxylic acids is 2. The minimum absolute atomic E-state index is 0.158. The van der Waals surface area contributed by atoms with E-state index in [0.29, 0.717) is 6.07 Å². The normalized spacial score (nSPS) is 11.9. The van der Waals surface area contributed by atoms with Crippen LogP contribution in [0.25, 0.3) is 10.8 Å². The predicted octanol–water partition coefficient (Wildman–Crippen LogP) is 2.94. The van der Waals surface area contributed by atoms with Gasteiger partial charge in [0.15, 0.2) is 0 Å². The number of rotatable bonds is 5. The Bertz CT molecular complexity index is 983. The molecule has 0 fully saturated rings. The summed E-state index contributed by atoms with van der Waals surface area (Å²) in [7, 11) is 0. The molecular weight excluding hydrogens is 338 g/mol. The van der Waals surface area contributed by atoms with Crippen molar-refractivity contribution in [3.63, 3.8) is 0 Å². The molecule has 3 aromatic rings. The molecule has 0 spiro atoms. The zero-order chi connectivity index (χ0) is 18.7. The third-order valence-corrected chi connectivity index (χ3v) is 4.13. The van der Waals surface area contributed by atoms with Crippen LogP contribution in [0.5, 0.6) is 0 Å². The predicted molar refractivity (Wildman–Crippen MR) is 94.5 cm³/mol. The Hall–Kier alpha value is -3.28. The van der Waals surface area contributed by atoms with Crippen molar-refractivity contribution in [2.45, 2.75) is 12.5 Å². The molecule has 1 atom stereocenters. The SMILES string of the molecule is NC(=O)[C@H](Cc1cccc2ccccc12)NC(=O)c1ccc(F)cc1F. The number of hydrogen-bond acceptors (Lipinski definition) is 2. The molecule has 6 heteroatoms. The van der Waals surface area contributed by atoms with Crippen LogP contribution in [0.2, 0.25) is 0 Å². The molecule has 0 aliphatic carbocycles. The van der Waals surface area contributed by atoms with Crippen LogP contribution in [0.15, 0.2) is 60.7 Å². The average molecular weight is 354 g/mol. The Balaban J connectivity index is 1.85. The fourth-order valence-electron chi connectivity index (χ4n) is 2.82. The molecule has 0 aromatic heterocycles. The van der Waals surface area contributed by atoms with E-state index in [9.17, 15) is 18.4 Å². The van der Waals surface area contributed by atoms with Gasteiger partial charge in [0.1, 0.15) is 17.7 Å². The number of nitrogens with one attached hydrogen (secondary N) is 1. The first-order valence-electron chi connectivity index (χ1n) is 7.97. The Morgan fingerprint density at radius 3 is 2.46 bits per heavy atom. The van der Waals surface area contributed by atoms with Crippen molar-refractivity contribution in [1.29, 1.82) is 0 Å². The third kappa shape index (κ3) is 3.69. The number of amides is 2. The molecule has 0 saturated carbocycles. The van der Waals surface area contributed by atoms with Crippen molar-refractivity contribution in [3.05, 3.63) is 83.4 Å². The molecule has 0 heterocycles.